The first-order valence-electron chi connectivity index (χ1n) is 7.08. The Morgan fingerprint density at radius 2 is 1.90 bits per heavy atom. The first-order valence-corrected chi connectivity index (χ1v) is 8.31. The molecule has 0 saturated carbocycles. The van der Waals surface area contributed by atoms with Gasteiger partial charge >= 0.3 is 0 Å². The zero-order valence-electron chi connectivity index (χ0n) is 12.0. The van der Waals surface area contributed by atoms with Gasteiger partial charge in [-0.1, -0.05) is 36.0 Å². The number of H-pyrrole nitrogens is 1. The molecule has 1 atom stereocenters. The van der Waals surface area contributed by atoms with Crippen molar-refractivity contribution in [3.8, 4) is 11.4 Å². The average Bonchev–Trinajstić information content (AvgIpc) is 3.18. The van der Waals surface area contributed by atoms with Gasteiger partial charge in [0.25, 0.3) is 0 Å². The lowest BCUT2D eigenvalue weighted by atomic mass is 10.0. The molecule has 1 N–H and O–H groups in total. The fourth-order valence-electron chi connectivity index (χ4n) is 2.73. The smallest absolute Gasteiger partial charge is 0.208 e. The van der Waals surface area contributed by atoms with Gasteiger partial charge in [-0.15, -0.1) is 5.10 Å². The molecule has 0 radical (unpaired) electrons. The van der Waals surface area contributed by atoms with Gasteiger partial charge in [0.1, 0.15) is 0 Å². The fourth-order valence-corrected chi connectivity index (χ4v) is 3.05. The Morgan fingerprint density at radius 1 is 1.20 bits per heavy atom. The van der Waals surface area contributed by atoms with Crippen LogP contribution >= 0.6 is 11.8 Å². The number of hydrogen-bond donors (Lipinski definition) is 1. The highest BCUT2D eigenvalue weighted by molar-refractivity contribution is 7.98. The Kier molecular flexibility index (Phi) is 4.08. The van der Waals surface area contributed by atoms with E-state index in [2.05, 4.69) is 51.3 Å². The van der Waals surface area contributed by atoms with Gasteiger partial charge in [-0.3, -0.25) is 10.00 Å². The Bertz CT molecular complexity index is 558. The molecule has 4 nitrogen and oxygen atoms in total. The zero-order chi connectivity index (χ0) is 13.9. The van der Waals surface area contributed by atoms with Crippen molar-refractivity contribution >= 4 is 11.8 Å². The molecular formula is C15H20N4S. The van der Waals surface area contributed by atoms with Crippen molar-refractivity contribution in [3.05, 3.63) is 29.8 Å². The Balaban J connectivity index is 1.76. The molecule has 106 valence electrons. The first-order chi connectivity index (χ1) is 9.78. The van der Waals surface area contributed by atoms with Crippen LogP contribution in [0.5, 0.6) is 0 Å². The molecule has 20 heavy (non-hydrogen) atoms. The highest BCUT2D eigenvalue weighted by atomic mass is 32.2. The van der Waals surface area contributed by atoms with E-state index in [0.717, 1.165) is 16.5 Å². The number of hydrogen-bond acceptors (Lipinski definition) is 4. The van der Waals surface area contributed by atoms with Crippen LogP contribution in [-0.4, -0.2) is 39.4 Å². The van der Waals surface area contributed by atoms with E-state index in [4.69, 9.17) is 0 Å². The van der Waals surface area contributed by atoms with E-state index in [0.29, 0.717) is 6.04 Å². The molecule has 1 fully saturated rings. The second kappa shape index (κ2) is 5.97. The number of aromatic amines is 1. The molecule has 0 amide bonds. The lowest BCUT2D eigenvalue weighted by Gasteiger charge is -2.24. The van der Waals surface area contributed by atoms with Gasteiger partial charge in [0.05, 0.1) is 0 Å². The lowest BCUT2D eigenvalue weighted by Crippen LogP contribution is -2.23. The summed E-state index contributed by atoms with van der Waals surface area (Å²) >= 11 is 1.55. The second-order valence-corrected chi connectivity index (χ2v) is 5.99. The van der Waals surface area contributed by atoms with Gasteiger partial charge in [0.15, 0.2) is 5.82 Å². The molecule has 0 unspecified atom stereocenters. The summed E-state index contributed by atoms with van der Waals surface area (Å²) in [6.45, 7) is 4.74. The van der Waals surface area contributed by atoms with E-state index in [1.54, 1.807) is 11.8 Å². The summed E-state index contributed by atoms with van der Waals surface area (Å²) in [5.74, 6) is 0.842. The normalized spacial score (nSPS) is 17.5. The molecular weight excluding hydrogens is 268 g/mol. The Labute approximate surface area is 124 Å². The summed E-state index contributed by atoms with van der Waals surface area (Å²) in [6.07, 6.45) is 4.64. The first kappa shape index (κ1) is 13.6. The summed E-state index contributed by atoms with van der Waals surface area (Å²) in [7, 11) is 0. The zero-order valence-corrected chi connectivity index (χ0v) is 12.8. The third-order valence-corrected chi connectivity index (χ3v) is 4.55. The predicted octanol–water partition coefficient (Wildman–Crippen LogP) is 3.35. The molecule has 0 aliphatic carbocycles. The summed E-state index contributed by atoms with van der Waals surface area (Å²) in [5.41, 5.74) is 2.47. The van der Waals surface area contributed by atoms with Crippen LogP contribution in [0, 0.1) is 0 Å². The van der Waals surface area contributed by atoms with Crippen LogP contribution in [0.2, 0.25) is 0 Å². The van der Waals surface area contributed by atoms with Crippen molar-refractivity contribution in [1.82, 2.24) is 20.1 Å². The van der Waals surface area contributed by atoms with Gasteiger partial charge in [0, 0.05) is 11.6 Å². The molecule has 2 heterocycles. The van der Waals surface area contributed by atoms with Gasteiger partial charge in [-0.2, -0.15) is 0 Å². The van der Waals surface area contributed by atoms with Gasteiger partial charge in [0.2, 0.25) is 5.16 Å². The van der Waals surface area contributed by atoms with Crippen LogP contribution in [0.4, 0.5) is 0 Å². The number of benzene rings is 1. The minimum Gasteiger partial charge on any atom is -0.297 e. The summed E-state index contributed by atoms with van der Waals surface area (Å²) in [6, 6.07) is 9.18. The second-order valence-electron chi connectivity index (χ2n) is 5.21. The molecule has 1 aliphatic heterocycles. The number of likely N-dealkylation sites (tertiary alicyclic amines) is 1. The van der Waals surface area contributed by atoms with Gasteiger partial charge in [-0.05, 0) is 44.7 Å². The number of thioether (sulfide) groups is 1. The van der Waals surface area contributed by atoms with Crippen molar-refractivity contribution in [2.45, 2.75) is 31.0 Å². The number of aromatic nitrogens is 3. The molecule has 2 aromatic rings. The molecule has 0 bridgehead atoms. The van der Waals surface area contributed by atoms with E-state index in [9.17, 15) is 0 Å². The highest BCUT2D eigenvalue weighted by Crippen LogP contribution is 2.26. The average molecular weight is 288 g/mol. The standard InChI is InChI=1S/C15H20N4S/c1-11(19-9-3-4-10-19)12-5-7-13(8-6-12)14-16-15(20-2)18-17-14/h5-8,11H,3-4,9-10H2,1-2H3,(H,16,17,18)/t11-/m1/s1. The van der Waals surface area contributed by atoms with Crippen LogP contribution in [0.3, 0.4) is 0 Å². The van der Waals surface area contributed by atoms with Crippen molar-refractivity contribution in [2.75, 3.05) is 19.3 Å². The monoisotopic (exact) mass is 288 g/mol. The molecule has 0 spiro atoms. The topological polar surface area (TPSA) is 44.8 Å². The summed E-state index contributed by atoms with van der Waals surface area (Å²) in [4.78, 5) is 6.99. The lowest BCUT2D eigenvalue weighted by molar-refractivity contribution is 0.263. The number of nitrogens with one attached hydrogen (secondary N) is 1. The maximum atomic E-state index is 4.44. The molecule has 1 aliphatic rings. The molecule has 1 aromatic carbocycles. The van der Waals surface area contributed by atoms with Crippen molar-refractivity contribution in [3.63, 3.8) is 0 Å². The third kappa shape index (κ3) is 2.74. The third-order valence-electron chi connectivity index (χ3n) is 4.00. The van der Waals surface area contributed by atoms with E-state index in [-0.39, 0.29) is 0 Å². The highest BCUT2D eigenvalue weighted by Gasteiger charge is 2.19. The summed E-state index contributed by atoms with van der Waals surface area (Å²) in [5, 5.41) is 7.92. The van der Waals surface area contributed by atoms with Gasteiger partial charge in [-0.25, -0.2) is 4.98 Å². The quantitative estimate of drug-likeness (QED) is 0.876. The van der Waals surface area contributed by atoms with Gasteiger partial charge < -0.3 is 0 Å². The largest absolute Gasteiger partial charge is 0.297 e. The molecule has 1 saturated heterocycles. The van der Waals surface area contributed by atoms with Crippen molar-refractivity contribution in [2.24, 2.45) is 0 Å². The van der Waals surface area contributed by atoms with Crippen LogP contribution in [0.1, 0.15) is 31.4 Å². The Hall–Kier alpha value is -1.33. The Morgan fingerprint density at radius 3 is 2.50 bits per heavy atom. The van der Waals surface area contributed by atoms with E-state index < -0.39 is 0 Å². The van der Waals surface area contributed by atoms with Crippen molar-refractivity contribution in [1.29, 1.82) is 0 Å². The minimum atomic E-state index is 0.503. The van der Waals surface area contributed by atoms with Crippen LogP contribution < -0.4 is 0 Å². The minimum absolute atomic E-state index is 0.503. The maximum absolute atomic E-state index is 4.44. The fraction of sp³-hybridized carbons (Fsp3) is 0.467. The van der Waals surface area contributed by atoms with Crippen LogP contribution in [0.25, 0.3) is 11.4 Å². The summed E-state index contributed by atoms with van der Waals surface area (Å²) < 4.78 is 0. The SMILES string of the molecule is CSc1n[nH]c(-c2ccc([C@@H](C)N3CCCC3)cc2)n1. The molecule has 5 heteroatoms. The predicted molar refractivity (Wildman–Crippen MR) is 82.8 cm³/mol. The van der Waals surface area contributed by atoms with Crippen molar-refractivity contribution < 1.29 is 0 Å². The van der Waals surface area contributed by atoms with E-state index >= 15 is 0 Å². The molecule has 3 rings (SSSR count). The number of nitrogens with zero attached hydrogens (tertiary/aromatic N) is 3. The van der Waals surface area contributed by atoms with Crippen LogP contribution in [0.15, 0.2) is 29.4 Å². The van der Waals surface area contributed by atoms with Crippen LogP contribution in [-0.2, 0) is 0 Å². The number of rotatable bonds is 4. The van der Waals surface area contributed by atoms with E-state index in [1.807, 2.05) is 6.26 Å². The molecule has 1 aromatic heterocycles. The van der Waals surface area contributed by atoms with E-state index in [1.165, 1.54) is 31.5 Å². The maximum Gasteiger partial charge on any atom is 0.208 e.